The van der Waals surface area contributed by atoms with E-state index in [9.17, 15) is 9.59 Å². The van der Waals surface area contributed by atoms with Gasteiger partial charge in [0.25, 0.3) is 5.91 Å². The third kappa shape index (κ3) is 3.52. The summed E-state index contributed by atoms with van der Waals surface area (Å²) in [6.45, 7) is 0.884. The second kappa shape index (κ2) is 6.72. The molecule has 1 aromatic carbocycles. The van der Waals surface area contributed by atoms with Crippen molar-refractivity contribution in [3.05, 3.63) is 46.7 Å². The molecule has 2 heterocycles. The fourth-order valence-corrected chi connectivity index (χ4v) is 3.03. The van der Waals surface area contributed by atoms with E-state index in [1.807, 2.05) is 23.6 Å². The molecule has 1 aliphatic rings. The highest BCUT2D eigenvalue weighted by Gasteiger charge is 2.21. The topological polar surface area (TPSA) is 70.2 Å². The van der Waals surface area contributed by atoms with Gasteiger partial charge in [0, 0.05) is 11.4 Å². The number of hydrogen-bond acceptors (Lipinski definition) is 4. The summed E-state index contributed by atoms with van der Waals surface area (Å²) in [7, 11) is 0. The summed E-state index contributed by atoms with van der Waals surface area (Å²) in [5.41, 5.74) is 1.35. The number of nitrogens with one attached hydrogen (secondary N) is 3. The van der Waals surface area contributed by atoms with Crippen molar-refractivity contribution < 1.29 is 9.59 Å². The van der Waals surface area contributed by atoms with Gasteiger partial charge in [0.2, 0.25) is 5.91 Å². The van der Waals surface area contributed by atoms with Crippen LogP contribution in [0.25, 0.3) is 0 Å². The number of rotatable bonds is 4. The van der Waals surface area contributed by atoms with Crippen LogP contribution in [-0.4, -0.2) is 24.4 Å². The van der Waals surface area contributed by atoms with E-state index in [1.165, 1.54) is 11.3 Å². The predicted molar refractivity (Wildman–Crippen MR) is 88.4 cm³/mol. The minimum Gasteiger partial charge on any atom is -0.325 e. The lowest BCUT2D eigenvalue weighted by Crippen LogP contribution is -2.35. The fourth-order valence-electron chi connectivity index (χ4n) is 2.41. The molecular formula is C16H17N3O2S. The molecule has 6 heteroatoms. The Bertz CT molecular complexity index is 664. The zero-order valence-corrected chi connectivity index (χ0v) is 12.8. The standard InChI is InChI=1S/C16H17N3O2S/c20-15(13-6-2-8-17-13)18-11-4-1-5-12(10-11)19-16(21)14-7-3-9-22-14/h1,3-5,7,9-10,13,17H,2,6,8H2,(H,18,20)(H,19,21). The van der Waals surface area contributed by atoms with E-state index in [1.54, 1.807) is 18.2 Å². The highest BCUT2D eigenvalue weighted by molar-refractivity contribution is 7.12. The molecule has 1 aliphatic heterocycles. The summed E-state index contributed by atoms with van der Waals surface area (Å²) in [5, 5.41) is 10.7. The van der Waals surface area contributed by atoms with Crippen LogP contribution in [0.1, 0.15) is 22.5 Å². The van der Waals surface area contributed by atoms with Gasteiger partial charge in [0.15, 0.2) is 0 Å². The summed E-state index contributed by atoms with van der Waals surface area (Å²) in [4.78, 5) is 24.8. The van der Waals surface area contributed by atoms with Crippen LogP contribution in [0.2, 0.25) is 0 Å². The van der Waals surface area contributed by atoms with Crippen LogP contribution in [0.15, 0.2) is 41.8 Å². The van der Waals surface area contributed by atoms with Crippen molar-refractivity contribution >= 4 is 34.5 Å². The summed E-state index contributed by atoms with van der Waals surface area (Å²) < 4.78 is 0. The molecule has 114 valence electrons. The van der Waals surface area contributed by atoms with Gasteiger partial charge in [-0.05, 0) is 49.0 Å². The van der Waals surface area contributed by atoms with Gasteiger partial charge in [-0.2, -0.15) is 0 Å². The van der Waals surface area contributed by atoms with Crippen molar-refractivity contribution in [1.82, 2.24) is 5.32 Å². The average Bonchev–Trinajstić information content (AvgIpc) is 3.21. The maximum atomic E-state index is 12.1. The number of carbonyl (C=O) groups excluding carboxylic acids is 2. The molecule has 0 bridgehead atoms. The Hall–Kier alpha value is -2.18. The van der Waals surface area contributed by atoms with Crippen LogP contribution >= 0.6 is 11.3 Å². The van der Waals surface area contributed by atoms with E-state index in [4.69, 9.17) is 0 Å². The van der Waals surface area contributed by atoms with Gasteiger partial charge in [-0.1, -0.05) is 12.1 Å². The highest BCUT2D eigenvalue weighted by atomic mass is 32.1. The molecule has 3 N–H and O–H groups in total. The van der Waals surface area contributed by atoms with Crippen LogP contribution < -0.4 is 16.0 Å². The molecule has 2 amide bonds. The first-order chi connectivity index (χ1) is 10.7. The molecule has 22 heavy (non-hydrogen) atoms. The minimum absolute atomic E-state index is 0.0285. The van der Waals surface area contributed by atoms with Crippen molar-refractivity contribution in [1.29, 1.82) is 0 Å². The van der Waals surface area contributed by atoms with Gasteiger partial charge in [0.05, 0.1) is 10.9 Å². The van der Waals surface area contributed by atoms with Gasteiger partial charge in [-0.25, -0.2) is 0 Å². The van der Waals surface area contributed by atoms with Gasteiger partial charge in [-0.15, -0.1) is 11.3 Å². The second-order valence-electron chi connectivity index (χ2n) is 5.15. The summed E-state index contributed by atoms with van der Waals surface area (Å²) in [6, 6.07) is 10.7. The van der Waals surface area contributed by atoms with Crippen LogP contribution in [-0.2, 0) is 4.79 Å². The Balaban J connectivity index is 1.64. The second-order valence-corrected chi connectivity index (χ2v) is 6.10. The Kier molecular flexibility index (Phi) is 4.50. The minimum atomic E-state index is -0.143. The first-order valence-electron chi connectivity index (χ1n) is 7.21. The van der Waals surface area contributed by atoms with Crippen molar-refractivity contribution in [2.45, 2.75) is 18.9 Å². The molecule has 0 radical (unpaired) electrons. The molecule has 1 fully saturated rings. The molecule has 0 spiro atoms. The van der Waals surface area contributed by atoms with E-state index >= 15 is 0 Å². The lowest BCUT2D eigenvalue weighted by atomic mass is 10.2. The first-order valence-corrected chi connectivity index (χ1v) is 8.09. The highest BCUT2D eigenvalue weighted by Crippen LogP contribution is 2.18. The van der Waals surface area contributed by atoms with E-state index in [0.717, 1.165) is 19.4 Å². The molecular weight excluding hydrogens is 298 g/mol. The van der Waals surface area contributed by atoms with Crippen molar-refractivity contribution in [3.8, 4) is 0 Å². The molecule has 1 unspecified atom stereocenters. The maximum absolute atomic E-state index is 12.1. The van der Waals surface area contributed by atoms with Gasteiger partial charge >= 0.3 is 0 Å². The molecule has 5 nitrogen and oxygen atoms in total. The van der Waals surface area contributed by atoms with Crippen molar-refractivity contribution in [2.75, 3.05) is 17.2 Å². The Morgan fingerprint density at radius 2 is 1.95 bits per heavy atom. The average molecular weight is 315 g/mol. The fraction of sp³-hybridized carbons (Fsp3) is 0.250. The number of amides is 2. The van der Waals surface area contributed by atoms with Crippen LogP contribution in [0.3, 0.4) is 0 Å². The number of thiophene rings is 1. The summed E-state index contributed by atoms with van der Waals surface area (Å²) in [5.74, 6) is -0.171. The molecule has 0 aliphatic carbocycles. The van der Waals surface area contributed by atoms with E-state index in [0.29, 0.717) is 16.3 Å². The zero-order valence-electron chi connectivity index (χ0n) is 12.0. The molecule has 2 aromatic rings. The number of benzene rings is 1. The Morgan fingerprint density at radius 1 is 1.14 bits per heavy atom. The third-order valence-corrected chi connectivity index (χ3v) is 4.38. The van der Waals surface area contributed by atoms with Crippen LogP contribution in [0.5, 0.6) is 0 Å². The lowest BCUT2D eigenvalue weighted by Gasteiger charge is -2.12. The van der Waals surface area contributed by atoms with E-state index in [2.05, 4.69) is 16.0 Å². The molecule has 0 saturated carbocycles. The number of anilines is 2. The molecule has 1 saturated heterocycles. The van der Waals surface area contributed by atoms with Crippen molar-refractivity contribution in [3.63, 3.8) is 0 Å². The third-order valence-electron chi connectivity index (χ3n) is 3.51. The van der Waals surface area contributed by atoms with Crippen LogP contribution in [0, 0.1) is 0 Å². The van der Waals surface area contributed by atoms with Gasteiger partial charge in [-0.3, -0.25) is 9.59 Å². The zero-order chi connectivity index (χ0) is 15.4. The van der Waals surface area contributed by atoms with Gasteiger partial charge < -0.3 is 16.0 Å². The molecule has 3 rings (SSSR count). The van der Waals surface area contributed by atoms with E-state index in [-0.39, 0.29) is 17.9 Å². The Morgan fingerprint density at radius 3 is 2.64 bits per heavy atom. The molecule has 1 aromatic heterocycles. The summed E-state index contributed by atoms with van der Waals surface area (Å²) in [6.07, 6.45) is 1.88. The largest absolute Gasteiger partial charge is 0.325 e. The SMILES string of the molecule is O=C(Nc1cccc(NC(=O)C2CCCN2)c1)c1cccs1. The quantitative estimate of drug-likeness (QED) is 0.812. The van der Waals surface area contributed by atoms with Gasteiger partial charge in [0.1, 0.15) is 0 Å². The number of carbonyl (C=O) groups is 2. The lowest BCUT2D eigenvalue weighted by molar-refractivity contribution is -0.117. The smallest absolute Gasteiger partial charge is 0.265 e. The van der Waals surface area contributed by atoms with Crippen molar-refractivity contribution in [2.24, 2.45) is 0 Å². The summed E-state index contributed by atoms with van der Waals surface area (Å²) >= 11 is 1.39. The Labute approximate surface area is 132 Å². The number of hydrogen-bond donors (Lipinski definition) is 3. The van der Waals surface area contributed by atoms with Crippen LogP contribution in [0.4, 0.5) is 11.4 Å². The first kappa shape index (κ1) is 14.7. The predicted octanol–water partition coefficient (Wildman–Crippen LogP) is 2.69. The monoisotopic (exact) mass is 315 g/mol. The normalized spacial score (nSPS) is 17.2. The maximum Gasteiger partial charge on any atom is 0.265 e. The molecule has 1 atom stereocenters. The van der Waals surface area contributed by atoms with E-state index < -0.39 is 0 Å².